The molecule has 0 aliphatic rings. The predicted octanol–water partition coefficient (Wildman–Crippen LogP) is -0.547. The number of aromatic amines is 8. The van der Waals surface area contributed by atoms with Gasteiger partial charge in [-0.2, -0.15) is 0 Å². The van der Waals surface area contributed by atoms with Crippen LogP contribution in [0.25, 0.3) is 22.3 Å². The molecule has 8 N–H and O–H groups in total. The van der Waals surface area contributed by atoms with Gasteiger partial charge in [0.1, 0.15) is 0 Å². The Morgan fingerprint density at radius 2 is 1.13 bits per heavy atom. The maximum atomic E-state index is 10.8. The van der Waals surface area contributed by atoms with Gasteiger partial charge in [-0.1, -0.05) is 24.4 Å². The summed E-state index contributed by atoms with van der Waals surface area (Å²) in [4.78, 5) is 42.9. The smallest absolute Gasteiger partial charge is 0.282 e. The SMILES string of the molecule is O=c1[nH]c(=S)c2[nH]c[nH+]c2[nH]1.O=c1[nH]c(=S)c2[nH]c[nH+]c2[nH]1.[Pd]. The van der Waals surface area contributed by atoms with E-state index in [1.54, 1.807) is 12.7 Å². The molecule has 0 atom stereocenters. The zero-order chi connectivity index (χ0) is 15.7. The summed E-state index contributed by atoms with van der Waals surface area (Å²) < 4.78 is 0.815. The molecule has 13 heteroatoms. The summed E-state index contributed by atoms with van der Waals surface area (Å²) in [5, 5.41) is 0. The number of hydrogen-bond acceptors (Lipinski definition) is 4. The van der Waals surface area contributed by atoms with Crippen molar-refractivity contribution in [1.82, 2.24) is 29.9 Å². The summed E-state index contributed by atoms with van der Waals surface area (Å²) in [5.74, 6) is 0. The van der Waals surface area contributed by atoms with Crippen molar-refractivity contribution in [1.29, 1.82) is 0 Å². The predicted molar refractivity (Wildman–Crippen MR) is 81.3 cm³/mol. The fourth-order valence-corrected chi connectivity index (χ4v) is 2.33. The molecule has 4 heterocycles. The standard InChI is InChI=1S/2C5H4N4OS.Pd/c2*10-5-8-3-2(4(11)9-5)6-1-7-3;/h2*1H,(H3,6,7,8,9,10,11);/p+2. The Hall–Kier alpha value is -2.20. The second-order valence-electron chi connectivity index (χ2n) is 4.18. The van der Waals surface area contributed by atoms with Crippen molar-refractivity contribution in [2.45, 2.75) is 0 Å². The number of aromatic nitrogens is 8. The molecule has 0 spiro atoms. The molecule has 122 valence electrons. The summed E-state index contributed by atoms with van der Waals surface area (Å²) in [6.07, 6.45) is 3.20. The molecule has 0 radical (unpaired) electrons. The van der Waals surface area contributed by atoms with E-state index in [2.05, 4.69) is 39.9 Å². The first-order valence-corrected chi connectivity index (χ1v) is 6.79. The van der Waals surface area contributed by atoms with Gasteiger partial charge in [0.25, 0.3) is 11.3 Å². The molecule has 23 heavy (non-hydrogen) atoms. The molecule has 0 aliphatic carbocycles. The second-order valence-corrected chi connectivity index (χ2v) is 5.00. The van der Waals surface area contributed by atoms with Crippen LogP contribution >= 0.6 is 24.4 Å². The van der Waals surface area contributed by atoms with Crippen molar-refractivity contribution in [2.75, 3.05) is 0 Å². The van der Waals surface area contributed by atoms with Gasteiger partial charge in [-0.05, 0) is 0 Å². The van der Waals surface area contributed by atoms with Gasteiger partial charge < -0.3 is 0 Å². The van der Waals surface area contributed by atoms with E-state index in [4.69, 9.17) is 24.4 Å². The zero-order valence-corrected chi connectivity index (χ0v) is 14.3. The molecule has 0 aliphatic heterocycles. The largest absolute Gasteiger partial charge is 0.382 e. The first-order valence-electron chi connectivity index (χ1n) is 5.97. The van der Waals surface area contributed by atoms with Crippen molar-refractivity contribution < 1.29 is 30.4 Å². The van der Waals surface area contributed by atoms with Gasteiger partial charge in [-0.15, -0.1) is 0 Å². The Morgan fingerprint density at radius 1 is 0.739 bits per heavy atom. The van der Waals surface area contributed by atoms with Crippen molar-refractivity contribution >= 4 is 46.8 Å². The average molecular weight is 445 g/mol. The van der Waals surface area contributed by atoms with Crippen LogP contribution in [0.15, 0.2) is 22.2 Å². The van der Waals surface area contributed by atoms with E-state index in [0.717, 1.165) is 0 Å². The Bertz CT molecular complexity index is 1090. The third kappa shape index (κ3) is 3.59. The van der Waals surface area contributed by atoms with Crippen LogP contribution < -0.4 is 21.3 Å². The number of hydrogen-bond donors (Lipinski definition) is 6. The van der Waals surface area contributed by atoms with Crippen molar-refractivity contribution in [2.24, 2.45) is 0 Å². The van der Waals surface area contributed by atoms with Crippen LogP contribution in [0, 0.1) is 9.28 Å². The summed E-state index contributed by atoms with van der Waals surface area (Å²) in [6.45, 7) is 0. The minimum Gasteiger partial charge on any atom is -0.282 e. The third-order valence-electron chi connectivity index (χ3n) is 2.75. The summed E-state index contributed by atoms with van der Waals surface area (Å²) >= 11 is 9.74. The maximum Gasteiger partial charge on any atom is 0.382 e. The fraction of sp³-hybridized carbons (Fsp3) is 0. The minimum atomic E-state index is -0.307. The van der Waals surface area contributed by atoms with E-state index < -0.39 is 0 Å². The van der Waals surface area contributed by atoms with Gasteiger partial charge in [0.05, 0.1) is 0 Å². The molecule has 0 amide bonds. The topological polar surface area (TPSA) is 157 Å². The summed E-state index contributed by atoms with van der Waals surface area (Å²) in [7, 11) is 0. The molecule has 0 fully saturated rings. The van der Waals surface area contributed by atoms with E-state index in [-0.39, 0.29) is 31.8 Å². The molecule has 0 saturated heterocycles. The van der Waals surface area contributed by atoms with Crippen molar-refractivity contribution in [3.05, 3.63) is 42.9 Å². The monoisotopic (exact) mass is 444 g/mol. The maximum absolute atomic E-state index is 10.8. The van der Waals surface area contributed by atoms with Gasteiger partial charge >= 0.3 is 11.4 Å². The normalized spacial score (nSPS) is 10.1. The van der Waals surface area contributed by atoms with Gasteiger partial charge in [-0.3, -0.25) is 19.9 Å². The van der Waals surface area contributed by atoms with Gasteiger partial charge in [-0.25, -0.2) is 29.5 Å². The van der Waals surface area contributed by atoms with E-state index in [0.29, 0.717) is 31.6 Å². The number of imidazole rings is 2. The molecule has 0 unspecified atom stereocenters. The molecule has 4 aromatic rings. The van der Waals surface area contributed by atoms with E-state index in [1.807, 2.05) is 0 Å². The number of rotatable bonds is 0. The molecule has 0 saturated carbocycles. The molecule has 4 aromatic heterocycles. The Kier molecular flexibility index (Phi) is 5.16. The number of nitrogens with one attached hydrogen (secondary N) is 8. The minimum absolute atomic E-state index is 0. The van der Waals surface area contributed by atoms with Gasteiger partial charge in [0, 0.05) is 20.4 Å². The van der Waals surface area contributed by atoms with Crippen molar-refractivity contribution in [3.63, 3.8) is 0 Å². The number of fused-ring (bicyclic) bond motifs is 2. The molecular weight excluding hydrogens is 435 g/mol. The van der Waals surface area contributed by atoms with Crippen LogP contribution in [0.3, 0.4) is 0 Å². The summed E-state index contributed by atoms with van der Waals surface area (Å²) in [5.41, 5.74) is 2.02. The zero-order valence-electron chi connectivity index (χ0n) is 11.1. The average Bonchev–Trinajstić information content (AvgIpc) is 3.07. The van der Waals surface area contributed by atoms with Crippen LogP contribution in [0.4, 0.5) is 0 Å². The first kappa shape index (κ1) is 17.2. The molecular formula is C10H10N8O2PdS2+2. The Morgan fingerprint density at radius 3 is 1.52 bits per heavy atom. The molecule has 4 rings (SSSR count). The Balaban J connectivity index is 0.000000160. The fourth-order valence-electron chi connectivity index (χ4n) is 1.83. The van der Waals surface area contributed by atoms with E-state index in [1.165, 1.54) is 0 Å². The van der Waals surface area contributed by atoms with Gasteiger partial charge in [0.15, 0.2) is 21.9 Å². The third-order valence-corrected chi connectivity index (χ3v) is 3.36. The van der Waals surface area contributed by atoms with Crippen LogP contribution in [-0.2, 0) is 20.4 Å². The van der Waals surface area contributed by atoms with Crippen LogP contribution in [0.5, 0.6) is 0 Å². The Labute approximate surface area is 149 Å². The van der Waals surface area contributed by atoms with Crippen LogP contribution in [-0.4, -0.2) is 29.9 Å². The second kappa shape index (κ2) is 6.92. The molecule has 0 aromatic carbocycles. The van der Waals surface area contributed by atoms with Gasteiger partial charge in [0.2, 0.25) is 11.0 Å². The van der Waals surface area contributed by atoms with E-state index in [9.17, 15) is 9.59 Å². The van der Waals surface area contributed by atoms with E-state index >= 15 is 0 Å². The quantitative estimate of drug-likeness (QED) is 0.159. The van der Waals surface area contributed by atoms with Crippen LogP contribution in [0.2, 0.25) is 0 Å². The van der Waals surface area contributed by atoms with Crippen molar-refractivity contribution in [3.8, 4) is 0 Å². The molecule has 10 nitrogen and oxygen atoms in total. The van der Waals surface area contributed by atoms with Crippen LogP contribution in [0.1, 0.15) is 0 Å². The first-order chi connectivity index (χ1) is 10.5. The number of H-pyrrole nitrogens is 8. The molecule has 0 bridgehead atoms. The summed E-state index contributed by atoms with van der Waals surface area (Å²) in [6, 6.07) is 0.